The highest BCUT2D eigenvalue weighted by Gasteiger charge is 2.33. The molecule has 1 amide bonds. The van der Waals surface area contributed by atoms with E-state index in [2.05, 4.69) is 10.4 Å². The number of halogens is 1. The average molecular weight is 382 g/mol. The van der Waals surface area contributed by atoms with Crippen LogP contribution < -0.4 is 5.32 Å². The minimum atomic E-state index is -3.21. The number of fused-ring (bicyclic) bond motifs is 1. The van der Waals surface area contributed by atoms with Gasteiger partial charge in [-0.05, 0) is 37.1 Å². The van der Waals surface area contributed by atoms with Gasteiger partial charge in [-0.3, -0.25) is 4.79 Å². The quantitative estimate of drug-likeness (QED) is 0.861. The zero-order valence-electron chi connectivity index (χ0n) is 14.1. The number of anilines is 1. The van der Waals surface area contributed by atoms with Gasteiger partial charge in [0.05, 0.1) is 22.9 Å². The molecule has 25 heavy (non-hydrogen) atoms. The third kappa shape index (κ3) is 3.57. The monoisotopic (exact) mass is 381 g/mol. The summed E-state index contributed by atoms with van der Waals surface area (Å²) in [6.07, 6.45) is 1.44. The fourth-order valence-electron chi connectivity index (χ4n) is 3.02. The molecule has 2 heterocycles. The maximum Gasteiger partial charge on any atom is 0.228 e. The molecule has 6 nitrogen and oxygen atoms in total. The van der Waals surface area contributed by atoms with Crippen LogP contribution in [0.25, 0.3) is 5.69 Å². The Morgan fingerprint density at radius 2 is 1.88 bits per heavy atom. The van der Waals surface area contributed by atoms with Crippen LogP contribution in [0.15, 0.2) is 24.3 Å². The van der Waals surface area contributed by atoms with E-state index in [0.717, 1.165) is 18.5 Å². The fraction of sp³-hybridized carbons (Fsp3) is 0.412. The number of carbonyl (C=O) groups is 1. The van der Waals surface area contributed by atoms with Crippen LogP contribution >= 0.6 is 11.6 Å². The Bertz CT molecular complexity index is 900. The molecule has 134 valence electrons. The molecule has 0 spiro atoms. The Balaban J connectivity index is 2.05. The molecular weight excluding hydrogens is 362 g/mol. The van der Waals surface area contributed by atoms with Crippen molar-refractivity contribution in [3.05, 3.63) is 40.5 Å². The number of amides is 1. The predicted octanol–water partition coefficient (Wildman–Crippen LogP) is 3.33. The molecule has 3 rings (SSSR count). The number of aromatic nitrogens is 2. The van der Waals surface area contributed by atoms with E-state index in [4.69, 9.17) is 11.6 Å². The van der Waals surface area contributed by atoms with Crippen molar-refractivity contribution in [3.8, 4) is 5.69 Å². The topological polar surface area (TPSA) is 81.1 Å². The summed E-state index contributed by atoms with van der Waals surface area (Å²) < 4.78 is 25.5. The van der Waals surface area contributed by atoms with Crippen molar-refractivity contribution in [2.45, 2.75) is 38.2 Å². The number of hydrogen-bond acceptors (Lipinski definition) is 4. The minimum Gasteiger partial charge on any atom is -0.310 e. The van der Waals surface area contributed by atoms with Crippen molar-refractivity contribution in [1.82, 2.24) is 9.78 Å². The van der Waals surface area contributed by atoms with Crippen molar-refractivity contribution >= 4 is 33.2 Å². The van der Waals surface area contributed by atoms with Gasteiger partial charge in [0, 0.05) is 16.5 Å². The summed E-state index contributed by atoms with van der Waals surface area (Å²) in [7, 11) is -3.21. The molecule has 0 saturated heterocycles. The van der Waals surface area contributed by atoms with E-state index in [-0.39, 0.29) is 23.3 Å². The van der Waals surface area contributed by atoms with E-state index in [0.29, 0.717) is 22.1 Å². The van der Waals surface area contributed by atoms with Crippen LogP contribution in [0.5, 0.6) is 0 Å². The molecule has 0 unspecified atom stereocenters. The van der Waals surface area contributed by atoms with Crippen LogP contribution in [0, 0.1) is 5.92 Å². The lowest BCUT2D eigenvalue weighted by Crippen LogP contribution is -2.24. The zero-order valence-corrected chi connectivity index (χ0v) is 15.7. The fourth-order valence-corrected chi connectivity index (χ4v) is 4.64. The van der Waals surface area contributed by atoms with Gasteiger partial charge in [0.1, 0.15) is 5.82 Å². The molecule has 0 aliphatic carbocycles. The molecule has 1 aromatic carbocycles. The van der Waals surface area contributed by atoms with Gasteiger partial charge in [0.15, 0.2) is 9.84 Å². The lowest BCUT2D eigenvalue weighted by Gasteiger charge is -2.15. The second-order valence-corrected chi connectivity index (χ2v) is 8.70. The summed E-state index contributed by atoms with van der Waals surface area (Å²) in [5.74, 6) is -0.00431. The molecule has 2 aromatic rings. The maximum absolute atomic E-state index is 12.5. The highest BCUT2D eigenvalue weighted by molar-refractivity contribution is 7.90. The van der Waals surface area contributed by atoms with Gasteiger partial charge in [-0.2, -0.15) is 5.10 Å². The molecule has 0 saturated carbocycles. The van der Waals surface area contributed by atoms with Crippen molar-refractivity contribution < 1.29 is 13.2 Å². The Labute approximate surface area is 152 Å². The molecule has 1 aliphatic heterocycles. The second kappa shape index (κ2) is 6.80. The molecule has 0 bridgehead atoms. The molecular formula is C17H20ClN3O3S. The Morgan fingerprint density at radius 1 is 1.24 bits per heavy atom. The van der Waals surface area contributed by atoms with Crippen molar-refractivity contribution in [3.63, 3.8) is 0 Å². The number of rotatable bonds is 5. The van der Waals surface area contributed by atoms with E-state index < -0.39 is 9.84 Å². The normalized spacial score (nSPS) is 15.4. The highest BCUT2D eigenvalue weighted by Crippen LogP contribution is 2.33. The maximum atomic E-state index is 12.5. The van der Waals surface area contributed by atoms with Crippen molar-refractivity contribution in [2.24, 2.45) is 5.92 Å². The number of hydrogen-bond donors (Lipinski definition) is 1. The van der Waals surface area contributed by atoms with Crippen LogP contribution in [0.3, 0.4) is 0 Å². The van der Waals surface area contributed by atoms with Crippen LogP contribution in [0.2, 0.25) is 5.02 Å². The first-order valence-electron chi connectivity index (χ1n) is 8.22. The number of carbonyl (C=O) groups excluding carboxylic acids is 1. The summed E-state index contributed by atoms with van der Waals surface area (Å²) in [5, 5.41) is 7.93. The van der Waals surface area contributed by atoms with Crippen LogP contribution in [0.1, 0.15) is 37.9 Å². The van der Waals surface area contributed by atoms with Gasteiger partial charge in [-0.15, -0.1) is 0 Å². The average Bonchev–Trinajstić information content (AvgIpc) is 3.02. The summed E-state index contributed by atoms with van der Waals surface area (Å²) in [6.45, 7) is 3.91. The van der Waals surface area contributed by atoms with E-state index >= 15 is 0 Å². The van der Waals surface area contributed by atoms with E-state index in [1.54, 1.807) is 28.9 Å². The molecule has 1 aliphatic rings. The van der Waals surface area contributed by atoms with Gasteiger partial charge in [0.25, 0.3) is 0 Å². The first-order chi connectivity index (χ1) is 11.8. The third-order valence-corrected chi connectivity index (χ3v) is 6.15. The highest BCUT2D eigenvalue weighted by atomic mass is 35.5. The third-order valence-electron chi connectivity index (χ3n) is 4.46. The lowest BCUT2D eigenvalue weighted by molar-refractivity contribution is -0.120. The largest absolute Gasteiger partial charge is 0.310 e. The van der Waals surface area contributed by atoms with E-state index in [9.17, 15) is 13.2 Å². The summed E-state index contributed by atoms with van der Waals surface area (Å²) in [4.78, 5) is 12.5. The van der Waals surface area contributed by atoms with Gasteiger partial charge in [-0.25, -0.2) is 13.1 Å². The van der Waals surface area contributed by atoms with Crippen LogP contribution in [-0.4, -0.2) is 24.1 Å². The first-order valence-corrected chi connectivity index (χ1v) is 10.4. The van der Waals surface area contributed by atoms with Crippen LogP contribution in [0.4, 0.5) is 5.82 Å². The van der Waals surface area contributed by atoms with Gasteiger partial charge in [0.2, 0.25) is 5.91 Å². The minimum absolute atomic E-state index is 0.100. The Hall–Kier alpha value is -1.86. The van der Waals surface area contributed by atoms with Gasteiger partial charge in [-0.1, -0.05) is 25.4 Å². The number of nitrogens with one attached hydrogen (secondary N) is 1. The number of nitrogens with zero attached hydrogens (tertiary/aromatic N) is 2. The second-order valence-electron chi connectivity index (χ2n) is 6.20. The van der Waals surface area contributed by atoms with Crippen LogP contribution in [-0.2, 0) is 26.1 Å². The molecule has 0 radical (unpaired) electrons. The van der Waals surface area contributed by atoms with E-state index in [1.807, 2.05) is 13.8 Å². The predicted molar refractivity (Wildman–Crippen MR) is 97.6 cm³/mol. The summed E-state index contributed by atoms with van der Waals surface area (Å²) in [6, 6.07) is 7.03. The summed E-state index contributed by atoms with van der Waals surface area (Å²) in [5.41, 5.74) is 1.79. The molecule has 0 atom stereocenters. The Kier molecular flexibility index (Phi) is 4.88. The van der Waals surface area contributed by atoms with Crippen molar-refractivity contribution in [1.29, 1.82) is 0 Å². The smallest absolute Gasteiger partial charge is 0.228 e. The first kappa shape index (κ1) is 17.9. The zero-order chi connectivity index (χ0) is 18.2. The standard InChI is InChI=1S/C17H20ClN3O3S/c1-3-11(4-2)17(22)19-16-14-9-25(23,24)10-15(14)20-21(16)13-7-5-12(18)6-8-13/h5-8,11H,3-4,9-10H2,1-2H3,(H,19,22). The lowest BCUT2D eigenvalue weighted by atomic mass is 10.0. The molecule has 0 fully saturated rings. The molecule has 8 heteroatoms. The van der Waals surface area contributed by atoms with Crippen molar-refractivity contribution in [2.75, 3.05) is 5.32 Å². The van der Waals surface area contributed by atoms with E-state index in [1.165, 1.54) is 0 Å². The number of sulfone groups is 1. The summed E-state index contributed by atoms with van der Waals surface area (Å²) >= 11 is 5.94. The number of benzene rings is 1. The van der Waals surface area contributed by atoms with Gasteiger partial charge < -0.3 is 5.32 Å². The van der Waals surface area contributed by atoms with Gasteiger partial charge >= 0.3 is 0 Å². The SMILES string of the molecule is CCC(CC)C(=O)Nc1c2c(nn1-c1ccc(Cl)cc1)CS(=O)(=O)C2. The Morgan fingerprint density at radius 3 is 2.48 bits per heavy atom. The molecule has 1 N–H and O–H groups in total. The molecule has 1 aromatic heterocycles.